The number of aromatic nitrogens is 1. The monoisotopic (exact) mass is 327 g/mol. The second-order valence-corrected chi connectivity index (χ2v) is 5.46. The van der Waals surface area contributed by atoms with Gasteiger partial charge in [-0.05, 0) is 12.1 Å². The number of carbonyl (C=O) groups is 3. The summed E-state index contributed by atoms with van der Waals surface area (Å²) in [6, 6.07) is 7.57. The molecule has 6 nitrogen and oxygen atoms in total. The van der Waals surface area contributed by atoms with E-state index in [1.807, 2.05) is 0 Å². The molecular weight excluding hydrogens is 313 g/mol. The van der Waals surface area contributed by atoms with Gasteiger partial charge in [0.15, 0.2) is 0 Å². The minimum absolute atomic E-state index is 0.0518. The molecule has 0 unspecified atom stereocenters. The van der Waals surface area contributed by atoms with Gasteiger partial charge >= 0.3 is 0 Å². The molecule has 0 fully saturated rings. The number of likely N-dealkylation sites (N-methyl/N-ethyl adjacent to an activating group) is 1. The minimum atomic E-state index is -0.546. The van der Waals surface area contributed by atoms with E-state index in [0.29, 0.717) is 5.56 Å². The summed E-state index contributed by atoms with van der Waals surface area (Å²) in [4.78, 5) is 42.7. The Morgan fingerprint density at radius 2 is 1.88 bits per heavy atom. The Hall–Kier alpha value is -3.09. The SMILES string of the molecule is CN(Cc1ccccc1F)C(=O)CN1C(=O)c2ccncc2C1=O. The lowest BCUT2D eigenvalue weighted by atomic mass is 10.2. The number of carbonyl (C=O) groups excluding carboxylic acids is 3. The Morgan fingerprint density at radius 1 is 1.17 bits per heavy atom. The molecule has 0 aliphatic carbocycles. The predicted octanol–water partition coefficient (Wildman–Crippen LogP) is 1.48. The summed E-state index contributed by atoms with van der Waals surface area (Å²) in [6.45, 7) is -0.340. The highest BCUT2D eigenvalue weighted by Gasteiger charge is 2.37. The molecule has 1 aromatic heterocycles. The molecule has 2 aromatic rings. The minimum Gasteiger partial charge on any atom is -0.340 e. The summed E-state index contributed by atoms with van der Waals surface area (Å²) in [6.07, 6.45) is 2.72. The number of imide groups is 1. The summed E-state index contributed by atoms with van der Waals surface area (Å²) in [7, 11) is 1.49. The zero-order valence-corrected chi connectivity index (χ0v) is 12.9. The van der Waals surface area contributed by atoms with Crippen molar-refractivity contribution in [1.82, 2.24) is 14.8 Å². The Kier molecular flexibility index (Phi) is 4.07. The van der Waals surface area contributed by atoms with Gasteiger partial charge in [-0.1, -0.05) is 18.2 Å². The largest absolute Gasteiger partial charge is 0.340 e. The highest BCUT2D eigenvalue weighted by atomic mass is 19.1. The first-order valence-electron chi connectivity index (χ1n) is 7.26. The zero-order chi connectivity index (χ0) is 17.3. The van der Waals surface area contributed by atoms with E-state index in [1.54, 1.807) is 18.2 Å². The number of nitrogens with zero attached hydrogens (tertiary/aromatic N) is 3. The molecule has 2 heterocycles. The van der Waals surface area contributed by atoms with Gasteiger partial charge in [0, 0.05) is 31.5 Å². The maximum atomic E-state index is 13.7. The average molecular weight is 327 g/mol. The molecule has 0 saturated heterocycles. The predicted molar refractivity (Wildman–Crippen MR) is 82.5 cm³/mol. The maximum absolute atomic E-state index is 13.7. The van der Waals surface area contributed by atoms with Gasteiger partial charge in [-0.3, -0.25) is 24.3 Å². The highest BCUT2D eigenvalue weighted by Crippen LogP contribution is 2.21. The van der Waals surface area contributed by atoms with Gasteiger partial charge in [0.25, 0.3) is 11.8 Å². The number of fused-ring (bicyclic) bond motifs is 1. The van der Waals surface area contributed by atoms with E-state index in [0.717, 1.165) is 4.90 Å². The highest BCUT2D eigenvalue weighted by molar-refractivity contribution is 6.22. The van der Waals surface area contributed by atoms with Crippen LogP contribution in [0.3, 0.4) is 0 Å². The first-order chi connectivity index (χ1) is 11.5. The molecule has 24 heavy (non-hydrogen) atoms. The third-order valence-corrected chi connectivity index (χ3v) is 3.86. The number of rotatable bonds is 4. The second kappa shape index (κ2) is 6.19. The lowest BCUT2D eigenvalue weighted by molar-refractivity contribution is -0.130. The number of amides is 3. The van der Waals surface area contributed by atoms with Gasteiger partial charge in [0.1, 0.15) is 12.4 Å². The molecule has 0 atom stereocenters. The number of halogens is 1. The van der Waals surface area contributed by atoms with Gasteiger partial charge in [0.2, 0.25) is 5.91 Å². The Labute approximate surface area is 137 Å². The fraction of sp³-hybridized carbons (Fsp3) is 0.176. The van der Waals surface area contributed by atoms with Crippen molar-refractivity contribution in [2.75, 3.05) is 13.6 Å². The molecule has 0 bridgehead atoms. The van der Waals surface area contributed by atoms with E-state index in [1.165, 1.54) is 36.5 Å². The van der Waals surface area contributed by atoms with Gasteiger partial charge < -0.3 is 4.90 Å². The standard InChI is InChI=1S/C17H14FN3O3/c1-20(9-11-4-2-3-5-14(11)18)15(22)10-21-16(23)12-6-7-19-8-13(12)17(21)24/h2-8H,9-10H2,1H3. The second-order valence-electron chi connectivity index (χ2n) is 5.46. The van der Waals surface area contributed by atoms with E-state index < -0.39 is 30.1 Å². The fourth-order valence-corrected chi connectivity index (χ4v) is 2.50. The summed E-state index contributed by atoms with van der Waals surface area (Å²) in [5.41, 5.74) is 0.784. The van der Waals surface area contributed by atoms with E-state index in [2.05, 4.69) is 4.98 Å². The van der Waals surface area contributed by atoms with Crippen LogP contribution < -0.4 is 0 Å². The van der Waals surface area contributed by atoms with E-state index in [9.17, 15) is 18.8 Å². The van der Waals surface area contributed by atoms with Crippen LogP contribution >= 0.6 is 0 Å². The van der Waals surface area contributed by atoms with Crippen molar-refractivity contribution in [3.05, 3.63) is 65.2 Å². The van der Waals surface area contributed by atoms with Crippen LogP contribution in [0.15, 0.2) is 42.7 Å². The van der Waals surface area contributed by atoms with Crippen molar-refractivity contribution < 1.29 is 18.8 Å². The first kappa shape index (κ1) is 15.8. The Morgan fingerprint density at radius 3 is 2.58 bits per heavy atom. The van der Waals surface area contributed by atoms with E-state index >= 15 is 0 Å². The topological polar surface area (TPSA) is 70.6 Å². The Bertz CT molecular complexity index is 802. The van der Waals surface area contributed by atoms with Crippen LogP contribution in [-0.4, -0.2) is 46.1 Å². The molecule has 0 radical (unpaired) electrons. The van der Waals surface area contributed by atoms with Crippen molar-refractivity contribution in [3.8, 4) is 0 Å². The van der Waals surface area contributed by atoms with Crippen LogP contribution in [0.4, 0.5) is 4.39 Å². The quantitative estimate of drug-likeness (QED) is 0.798. The van der Waals surface area contributed by atoms with Crippen LogP contribution in [0.1, 0.15) is 26.3 Å². The van der Waals surface area contributed by atoms with Crippen molar-refractivity contribution >= 4 is 17.7 Å². The molecule has 3 rings (SSSR count). The van der Waals surface area contributed by atoms with Crippen LogP contribution in [-0.2, 0) is 11.3 Å². The fourth-order valence-electron chi connectivity index (χ4n) is 2.50. The van der Waals surface area contributed by atoms with Crippen LogP contribution in [0, 0.1) is 5.82 Å². The third kappa shape index (κ3) is 2.76. The third-order valence-electron chi connectivity index (χ3n) is 3.86. The van der Waals surface area contributed by atoms with E-state index in [4.69, 9.17) is 0 Å². The van der Waals surface area contributed by atoms with Crippen LogP contribution in [0.5, 0.6) is 0 Å². The number of pyridine rings is 1. The molecule has 0 N–H and O–H groups in total. The molecule has 7 heteroatoms. The molecule has 0 saturated carbocycles. The van der Waals surface area contributed by atoms with E-state index in [-0.39, 0.29) is 17.7 Å². The van der Waals surface area contributed by atoms with Gasteiger partial charge in [-0.25, -0.2) is 4.39 Å². The summed E-state index contributed by atoms with van der Waals surface area (Å²) in [5.74, 6) is -1.94. The smallest absolute Gasteiger partial charge is 0.263 e. The van der Waals surface area contributed by atoms with Crippen molar-refractivity contribution in [2.45, 2.75) is 6.54 Å². The lowest BCUT2D eigenvalue weighted by Gasteiger charge is -2.21. The molecule has 3 amide bonds. The van der Waals surface area contributed by atoms with Crippen molar-refractivity contribution in [3.63, 3.8) is 0 Å². The number of hydrogen-bond donors (Lipinski definition) is 0. The molecule has 122 valence electrons. The normalized spacial score (nSPS) is 13.2. The summed E-state index contributed by atoms with van der Waals surface area (Å²) in [5, 5.41) is 0. The zero-order valence-electron chi connectivity index (χ0n) is 12.9. The lowest BCUT2D eigenvalue weighted by Crippen LogP contribution is -2.41. The summed E-state index contributed by atoms with van der Waals surface area (Å²) < 4.78 is 13.7. The van der Waals surface area contributed by atoms with Crippen molar-refractivity contribution in [1.29, 1.82) is 0 Å². The average Bonchev–Trinajstić information content (AvgIpc) is 2.82. The molecule has 1 aliphatic heterocycles. The van der Waals surface area contributed by atoms with Crippen molar-refractivity contribution in [2.24, 2.45) is 0 Å². The summed E-state index contributed by atoms with van der Waals surface area (Å²) >= 11 is 0. The van der Waals surface area contributed by atoms with Gasteiger partial charge in [-0.15, -0.1) is 0 Å². The van der Waals surface area contributed by atoms with Crippen LogP contribution in [0.2, 0.25) is 0 Å². The van der Waals surface area contributed by atoms with Gasteiger partial charge in [0.05, 0.1) is 11.1 Å². The maximum Gasteiger partial charge on any atom is 0.263 e. The molecule has 1 aliphatic rings. The van der Waals surface area contributed by atoms with Crippen LogP contribution in [0.25, 0.3) is 0 Å². The number of hydrogen-bond acceptors (Lipinski definition) is 4. The molecular formula is C17H14FN3O3. The Balaban J connectivity index is 1.70. The number of benzene rings is 1. The molecule has 1 aromatic carbocycles. The molecule has 0 spiro atoms. The first-order valence-corrected chi connectivity index (χ1v) is 7.26. The van der Waals surface area contributed by atoms with Gasteiger partial charge in [-0.2, -0.15) is 0 Å².